The van der Waals surface area contributed by atoms with Crippen LogP contribution < -0.4 is 10.4 Å². The van der Waals surface area contributed by atoms with Crippen molar-refractivity contribution >= 4 is 22.6 Å². The molecule has 41 heavy (non-hydrogen) atoms. The topological polar surface area (TPSA) is 97.5 Å². The number of ether oxygens (including phenoxy) is 1. The van der Waals surface area contributed by atoms with Gasteiger partial charge in [-0.15, -0.1) is 0 Å². The van der Waals surface area contributed by atoms with Crippen molar-refractivity contribution in [3.05, 3.63) is 107 Å². The molecule has 7 rings (SSSR count). The fourth-order valence-corrected chi connectivity index (χ4v) is 5.80. The van der Waals surface area contributed by atoms with E-state index in [9.17, 15) is 9.59 Å². The summed E-state index contributed by atoms with van der Waals surface area (Å²) in [6.07, 6.45) is 1.35. The van der Waals surface area contributed by atoms with Crippen LogP contribution in [0.2, 0.25) is 0 Å². The first kappa shape index (κ1) is 24.8. The number of methoxy groups -OCH3 is 1. The van der Waals surface area contributed by atoms with Crippen molar-refractivity contribution in [2.45, 2.75) is 18.9 Å². The maximum Gasteiger partial charge on any atom is 0.326 e. The molecule has 0 atom stereocenters. The largest absolute Gasteiger partial charge is 0.496 e. The Kier molecular flexibility index (Phi) is 6.11. The van der Waals surface area contributed by atoms with Crippen LogP contribution in [0.15, 0.2) is 95.8 Å². The molecule has 0 aliphatic carbocycles. The maximum absolute atomic E-state index is 14.1. The number of hydrogen-bond acceptors (Lipinski definition) is 5. The van der Waals surface area contributed by atoms with Crippen LogP contribution in [0.25, 0.3) is 39.2 Å². The summed E-state index contributed by atoms with van der Waals surface area (Å²) in [6.45, 7) is 1.05. The molecule has 1 aliphatic heterocycles. The number of aromatic nitrogens is 5. The van der Waals surface area contributed by atoms with Crippen molar-refractivity contribution in [1.29, 1.82) is 0 Å². The zero-order valence-electron chi connectivity index (χ0n) is 22.5. The Hall–Kier alpha value is -5.18. The van der Waals surface area contributed by atoms with Gasteiger partial charge >= 0.3 is 5.69 Å². The van der Waals surface area contributed by atoms with Gasteiger partial charge in [-0.25, -0.2) is 14.3 Å². The third kappa shape index (κ3) is 4.35. The number of rotatable bonds is 5. The number of piperidine rings is 1. The number of carbonyl (C=O) groups is 1. The van der Waals surface area contributed by atoms with Crippen molar-refractivity contribution in [3.63, 3.8) is 0 Å². The van der Waals surface area contributed by atoms with Gasteiger partial charge in [0.05, 0.1) is 29.5 Å². The van der Waals surface area contributed by atoms with Crippen LogP contribution in [-0.4, -0.2) is 55.2 Å². The van der Waals surface area contributed by atoms with Crippen LogP contribution in [0, 0.1) is 0 Å². The van der Waals surface area contributed by atoms with E-state index in [-0.39, 0.29) is 17.6 Å². The average Bonchev–Trinajstić information content (AvgIpc) is 3.61. The predicted molar refractivity (Wildman–Crippen MR) is 157 cm³/mol. The number of benzene rings is 3. The number of aromatic amines is 1. The molecule has 1 N–H and O–H groups in total. The number of carbonyl (C=O) groups excluding carboxylic acids is 1. The molecule has 1 aliphatic rings. The SMILES string of the molecule is COc1ccccc1-c1cc(C(=O)N2CCC(n3c(=O)[nH]c4ccccc43)CC2)n2nc(-c3ccccc3)cc2n1. The number of fused-ring (bicyclic) bond motifs is 2. The molecule has 3 aromatic carbocycles. The van der Waals surface area contributed by atoms with Gasteiger partial charge in [0.1, 0.15) is 11.4 Å². The van der Waals surface area contributed by atoms with Crippen LogP contribution in [0.3, 0.4) is 0 Å². The van der Waals surface area contributed by atoms with E-state index >= 15 is 0 Å². The Bertz CT molecular complexity index is 1950. The molecule has 0 radical (unpaired) electrons. The van der Waals surface area contributed by atoms with E-state index in [2.05, 4.69) is 4.98 Å². The Labute approximate surface area is 235 Å². The van der Waals surface area contributed by atoms with E-state index in [0.29, 0.717) is 48.7 Å². The van der Waals surface area contributed by atoms with Crippen molar-refractivity contribution in [2.24, 2.45) is 0 Å². The molecule has 204 valence electrons. The molecule has 1 fully saturated rings. The van der Waals surface area contributed by atoms with E-state index in [4.69, 9.17) is 14.8 Å². The highest BCUT2D eigenvalue weighted by molar-refractivity contribution is 5.95. The van der Waals surface area contributed by atoms with E-state index in [1.165, 1.54) is 0 Å². The van der Waals surface area contributed by atoms with Gasteiger partial charge in [0, 0.05) is 36.3 Å². The summed E-state index contributed by atoms with van der Waals surface area (Å²) in [6, 6.07) is 28.9. The number of amides is 1. The van der Waals surface area contributed by atoms with Gasteiger partial charge in [0.15, 0.2) is 5.65 Å². The molecule has 0 saturated carbocycles. The summed E-state index contributed by atoms with van der Waals surface area (Å²) in [5.74, 6) is 0.552. The monoisotopic (exact) mass is 544 g/mol. The molecule has 1 amide bonds. The van der Waals surface area contributed by atoms with Crippen molar-refractivity contribution in [1.82, 2.24) is 29.0 Å². The first-order valence-electron chi connectivity index (χ1n) is 13.7. The molecule has 9 nitrogen and oxygen atoms in total. The quantitative estimate of drug-likeness (QED) is 0.322. The lowest BCUT2D eigenvalue weighted by atomic mass is 10.0. The number of imidazole rings is 1. The van der Waals surface area contributed by atoms with E-state index in [0.717, 1.165) is 27.9 Å². The highest BCUT2D eigenvalue weighted by Gasteiger charge is 2.29. The molecule has 9 heteroatoms. The summed E-state index contributed by atoms with van der Waals surface area (Å²) < 4.78 is 9.08. The minimum Gasteiger partial charge on any atom is -0.496 e. The number of likely N-dealkylation sites (tertiary alicyclic amines) is 1. The highest BCUT2D eigenvalue weighted by Crippen LogP contribution is 2.31. The van der Waals surface area contributed by atoms with Gasteiger partial charge in [-0.05, 0) is 43.2 Å². The standard InChI is InChI=1S/C32H28N6O3/c1-41-29-14-8-5-11-23(29)26-19-28(38-30(33-26)20-25(35-38)21-9-3-2-4-10-21)31(39)36-17-15-22(16-18-36)37-27-13-7-6-12-24(27)34-32(37)40/h2-14,19-20,22H,15-18H2,1H3,(H,34,40). The Morgan fingerprint density at radius 3 is 2.44 bits per heavy atom. The molecule has 3 aromatic heterocycles. The second-order valence-corrected chi connectivity index (χ2v) is 10.2. The lowest BCUT2D eigenvalue weighted by molar-refractivity contribution is 0.0686. The summed E-state index contributed by atoms with van der Waals surface area (Å²) >= 11 is 0. The molecule has 0 bridgehead atoms. The van der Waals surface area contributed by atoms with Crippen LogP contribution in [0.4, 0.5) is 0 Å². The molecule has 1 saturated heterocycles. The second kappa shape index (κ2) is 10.1. The van der Waals surface area contributed by atoms with Gasteiger partial charge < -0.3 is 14.6 Å². The van der Waals surface area contributed by atoms with Gasteiger partial charge in [-0.2, -0.15) is 5.10 Å². The van der Waals surface area contributed by atoms with Crippen LogP contribution in [0.5, 0.6) is 5.75 Å². The fourth-order valence-electron chi connectivity index (χ4n) is 5.80. The van der Waals surface area contributed by atoms with Crippen LogP contribution in [0.1, 0.15) is 29.4 Å². The van der Waals surface area contributed by atoms with Gasteiger partial charge in [-0.1, -0.05) is 54.6 Å². The Balaban J connectivity index is 1.25. The first-order chi connectivity index (χ1) is 20.1. The minimum atomic E-state index is -0.124. The third-order valence-electron chi connectivity index (χ3n) is 7.84. The number of H-pyrrole nitrogens is 1. The summed E-state index contributed by atoms with van der Waals surface area (Å²) in [4.78, 5) is 36.5. The first-order valence-corrected chi connectivity index (χ1v) is 13.7. The predicted octanol–water partition coefficient (Wildman–Crippen LogP) is 5.19. The minimum absolute atomic E-state index is 0.0127. The van der Waals surface area contributed by atoms with Crippen LogP contribution >= 0.6 is 0 Å². The summed E-state index contributed by atoms with van der Waals surface area (Å²) in [7, 11) is 1.62. The normalized spacial score (nSPS) is 14.1. The molecular formula is C32H28N6O3. The molecule has 0 spiro atoms. The summed E-state index contributed by atoms with van der Waals surface area (Å²) in [5.41, 5.74) is 5.73. The van der Waals surface area contributed by atoms with Crippen molar-refractivity contribution < 1.29 is 9.53 Å². The zero-order valence-corrected chi connectivity index (χ0v) is 22.5. The second-order valence-electron chi connectivity index (χ2n) is 10.2. The fraction of sp³-hybridized carbons (Fsp3) is 0.188. The number of nitrogens with one attached hydrogen (secondary N) is 1. The van der Waals surface area contributed by atoms with Gasteiger partial charge in [0.2, 0.25) is 0 Å². The Morgan fingerprint density at radius 1 is 0.902 bits per heavy atom. The lowest BCUT2D eigenvalue weighted by Gasteiger charge is -2.32. The molecule has 6 aromatic rings. The number of nitrogens with zero attached hydrogens (tertiary/aromatic N) is 5. The lowest BCUT2D eigenvalue weighted by Crippen LogP contribution is -2.41. The Morgan fingerprint density at radius 2 is 1.63 bits per heavy atom. The van der Waals surface area contributed by atoms with Gasteiger partial charge in [0.25, 0.3) is 5.91 Å². The maximum atomic E-state index is 14.1. The van der Waals surface area contributed by atoms with Crippen LogP contribution in [-0.2, 0) is 0 Å². The van der Waals surface area contributed by atoms with Crippen molar-refractivity contribution in [2.75, 3.05) is 20.2 Å². The molecule has 0 unspecified atom stereocenters. The van der Waals surface area contributed by atoms with E-state index in [1.54, 1.807) is 17.7 Å². The zero-order chi connectivity index (χ0) is 27.9. The van der Waals surface area contributed by atoms with Gasteiger partial charge in [-0.3, -0.25) is 9.36 Å². The number of hydrogen-bond donors (Lipinski definition) is 1. The number of para-hydroxylation sites is 3. The highest BCUT2D eigenvalue weighted by atomic mass is 16.5. The average molecular weight is 545 g/mol. The van der Waals surface area contributed by atoms with E-state index in [1.807, 2.05) is 94.4 Å². The molecule has 4 heterocycles. The van der Waals surface area contributed by atoms with E-state index < -0.39 is 0 Å². The smallest absolute Gasteiger partial charge is 0.326 e. The van der Waals surface area contributed by atoms with Crippen molar-refractivity contribution in [3.8, 4) is 28.3 Å². The third-order valence-corrected chi connectivity index (χ3v) is 7.84. The molecular weight excluding hydrogens is 516 g/mol. The summed E-state index contributed by atoms with van der Waals surface area (Å²) in [5, 5.41) is 4.80.